The summed E-state index contributed by atoms with van der Waals surface area (Å²) < 4.78 is 5.24. The number of nitrogens with zero attached hydrogens (tertiary/aromatic N) is 2. The fraction of sp³-hybridized carbons (Fsp3) is 0.261. The third kappa shape index (κ3) is 5.10. The SMILES string of the molecule is COc1cccc(Nc2nc(C)cc(C(=O)Nc3ccccc3C(C)(C)C)n2)c1. The number of hydrogen-bond donors (Lipinski definition) is 2. The summed E-state index contributed by atoms with van der Waals surface area (Å²) in [5, 5.41) is 6.12. The van der Waals surface area contributed by atoms with Gasteiger partial charge in [0.2, 0.25) is 5.95 Å². The lowest BCUT2D eigenvalue weighted by Gasteiger charge is -2.23. The number of methoxy groups -OCH3 is 1. The number of benzene rings is 2. The van der Waals surface area contributed by atoms with Crippen molar-refractivity contribution in [2.45, 2.75) is 33.1 Å². The minimum absolute atomic E-state index is 0.0927. The van der Waals surface area contributed by atoms with E-state index in [-0.39, 0.29) is 11.3 Å². The van der Waals surface area contributed by atoms with E-state index in [9.17, 15) is 4.79 Å². The van der Waals surface area contributed by atoms with Gasteiger partial charge in [0.15, 0.2) is 0 Å². The van der Waals surface area contributed by atoms with Crippen molar-refractivity contribution in [3.63, 3.8) is 0 Å². The highest BCUT2D eigenvalue weighted by Crippen LogP contribution is 2.29. The van der Waals surface area contributed by atoms with Gasteiger partial charge in [-0.25, -0.2) is 9.97 Å². The second-order valence-electron chi connectivity index (χ2n) is 7.82. The smallest absolute Gasteiger partial charge is 0.274 e. The maximum absolute atomic E-state index is 12.9. The molecule has 0 spiro atoms. The van der Waals surface area contributed by atoms with Gasteiger partial charge in [0, 0.05) is 23.1 Å². The maximum atomic E-state index is 12.9. The minimum atomic E-state index is -0.277. The first kappa shape index (κ1) is 20.3. The molecular formula is C23H26N4O2. The van der Waals surface area contributed by atoms with Crippen LogP contribution in [0.15, 0.2) is 54.6 Å². The van der Waals surface area contributed by atoms with E-state index >= 15 is 0 Å². The highest BCUT2D eigenvalue weighted by Gasteiger charge is 2.20. The first-order chi connectivity index (χ1) is 13.8. The van der Waals surface area contributed by atoms with Crippen LogP contribution in [0.25, 0.3) is 0 Å². The molecule has 0 radical (unpaired) electrons. The van der Waals surface area contributed by atoms with Crippen molar-refractivity contribution < 1.29 is 9.53 Å². The predicted octanol–water partition coefficient (Wildman–Crippen LogP) is 5.09. The molecule has 0 aliphatic rings. The molecule has 3 aromatic rings. The number of carbonyl (C=O) groups is 1. The summed E-state index contributed by atoms with van der Waals surface area (Å²) in [4.78, 5) is 21.7. The van der Waals surface area contributed by atoms with E-state index in [1.807, 2.05) is 55.5 Å². The molecule has 29 heavy (non-hydrogen) atoms. The van der Waals surface area contributed by atoms with Crippen molar-refractivity contribution >= 4 is 23.2 Å². The molecule has 2 aromatic carbocycles. The molecule has 0 aliphatic carbocycles. The summed E-state index contributed by atoms with van der Waals surface area (Å²) in [6.07, 6.45) is 0. The number of ether oxygens (including phenoxy) is 1. The summed E-state index contributed by atoms with van der Waals surface area (Å²) in [7, 11) is 1.61. The molecule has 3 rings (SSSR count). The largest absolute Gasteiger partial charge is 0.497 e. The van der Waals surface area contributed by atoms with Gasteiger partial charge in [0.05, 0.1) is 7.11 Å². The van der Waals surface area contributed by atoms with E-state index in [1.54, 1.807) is 13.2 Å². The second kappa shape index (κ2) is 8.31. The molecule has 0 bridgehead atoms. The minimum Gasteiger partial charge on any atom is -0.497 e. The maximum Gasteiger partial charge on any atom is 0.274 e. The Balaban J connectivity index is 1.85. The van der Waals surface area contributed by atoms with Crippen LogP contribution < -0.4 is 15.4 Å². The zero-order valence-corrected chi connectivity index (χ0v) is 17.4. The Bertz CT molecular complexity index is 1030. The van der Waals surface area contributed by atoms with Crippen molar-refractivity contribution in [1.29, 1.82) is 0 Å². The van der Waals surface area contributed by atoms with E-state index < -0.39 is 0 Å². The van der Waals surface area contributed by atoms with Crippen molar-refractivity contribution in [2.75, 3.05) is 17.7 Å². The number of para-hydroxylation sites is 1. The van der Waals surface area contributed by atoms with Gasteiger partial charge in [-0.2, -0.15) is 0 Å². The monoisotopic (exact) mass is 390 g/mol. The Morgan fingerprint density at radius 2 is 1.76 bits per heavy atom. The van der Waals surface area contributed by atoms with Crippen LogP contribution >= 0.6 is 0 Å². The Labute approximate surface area is 171 Å². The Hall–Kier alpha value is -3.41. The Morgan fingerprint density at radius 1 is 1.00 bits per heavy atom. The number of rotatable bonds is 5. The van der Waals surface area contributed by atoms with Crippen molar-refractivity contribution in [2.24, 2.45) is 0 Å². The van der Waals surface area contributed by atoms with Crippen LogP contribution in [0, 0.1) is 6.92 Å². The highest BCUT2D eigenvalue weighted by molar-refractivity contribution is 6.03. The first-order valence-corrected chi connectivity index (χ1v) is 9.44. The molecule has 0 unspecified atom stereocenters. The van der Waals surface area contributed by atoms with Gasteiger partial charge in [-0.1, -0.05) is 45.0 Å². The molecule has 1 aromatic heterocycles. The zero-order valence-electron chi connectivity index (χ0n) is 17.4. The lowest BCUT2D eigenvalue weighted by atomic mass is 9.86. The molecule has 0 aliphatic heterocycles. The van der Waals surface area contributed by atoms with Gasteiger partial charge in [0.1, 0.15) is 11.4 Å². The number of hydrogen-bond acceptors (Lipinski definition) is 5. The van der Waals surface area contributed by atoms with Gasteiger partial charge < -0.3 is 15.4 Å². The predicted molar refractivity (Wildman–Crippen MR) is 116 cm³/mol. The van der Waals surface area contributed by atoms with E-state index in [2.05, 4.69) is 41.4 Å². The van der Waals surface area contributed by atoms with Crippen LogP contribution in [-0.2, 0) is 5.41 Å². The summed E-state index contributed by atoms with van der Waals surface area (Å²) in [6.45, 7) is 8.17. The molecule has 0 atom stereocenters. The third-order valence-electron chi connectivity index (χ3n) is 4.40. The number of anilines is 3. The molecular weight excluding hydrogens is 364 g/mol. The average Bonchev–Trinajstić information content (AvgIpc) is 2.67. The Kier molecular flexibility index (Phi) is 5.82. The molecule has 1 amide bonds. The van der Waals surface area contributed by atoms with Crippen molar-refractivity contribution in [1.82, 2.24) is 9.97 Å². The van der Waals surface area contributed by atoms with E-state index in [0.717, 1.165) is 22.7 Å². The summed E-state index contributed by atoms with van der Waals surface area (Å²) in [5.74, 6) is 0.799. The zero-order chi connectivity index (χ0) is 21.0. The van der Waals surface area contributed by atoms with E-state index in [1.165, 1.54) is 0 Å². The number of aryl methyl sites for hydroxylation is 1. The van der Waals surface area contributed by atoms with Crippen LogP contribution in [0.3, 0.4) is 0 Å². The first-order valence-electron chi connectivity index (χ1n) is 9.44. The lowest BCUT2D eigenvalue weighted by molar-refractivity contribution is 0.102. The molecule has 0 saturated carbocycles. The fourth-order valence-corrected chi connectivity index (χ4v) is 3.00. The second-order valence-corrected chi connectivity index (χ2v) is 7.82. The summed E-state index contributed by atoms with van der Waals surface area (Å²) >= 11 is 0. The van der Waals surface area contributed by atoms with E-state index in [4.69, 9.17) is 4.74 Å². The van der Waals surface area contributed by atoms with Crippen molar-refractivity contribution in [3.05, 3.63) is 71.5 Å². The topological polar surface area (TPSA) is 76.1 Å². The molecule has 2 N–H and O–H groups in total. The molecule has 6 heteroatoms. The molecule has 0 fully saturated rings. The molecule has 6 nitrogen and oxygen atoms in total. The van der Waals surface area contributed by atoms with E-state index in [0.29, 0.717) is 17.3 Å². The van der Waals surface area contributed by atoms with Crippen molar-refractivity contribution in [3.8, 4) is 5.75 Å². The number of carbonyl (C=O) groups excluding carboxylic acids is 1. The number of aromatic nitrogens is 2. The standard InChI is InChI=1S/C23H26N4O2/c1-15-13-20(21(28)26-19-12-7-6-11-18(19)23(2,3)4)27-22(24-15)25-16-9-8-10-17(14-16)29-5/h6-14H,1-5H3,(H,26,28)(H,24,25,27). The lowest BCUT2D eigenvalue weighted by Crippen LogP contribution is -2.20. The molecule has 150 valence electrons. The van der Waals surface area contributed by atoms with Gasteiger partial charge in [-0.05, 0) is 42.2 Å². The van der Waals surface area contributed by atoms with Crippen LogP contribution in [0.2, 0.25) is 0 Å². The normalized spacial score (nSPS) is 11.1. The summed E-state index contributed by atoms with van der Waals surface area (Å²) in [5.41, 5.74) is 3.52. The molecule has 1 heterocycles. The highest BCUT2D eigenvalue weighted by atomic mass is 16.5. The van der Waals surface area contributed by atoms with Gasteiger partial charge in [-0.3, -0.25) is 4.79 Å². The number of nitrogens with one attached hydrogen (secondary N) is 2. The third-order valence-corrected chi connectivity index (χ3v) is 4.40. The van der Waals surface area contributed by atoms with Gasteiger partial charge in [-0.15, -0.1) is 0 Å². The van der Waals surface area contributed by atoms with Crippen LogP contribution in [-0.4, -0.2) is 23.0 Å². The Morgan fingerprint density at radius 3 is 2.48 bits per heavy atom. The van der Waals surface area contributed by atoms with Crippen LogP contribution in [0.4, 0.5) is 17.3 Å². The average molecular weight is 390 g/mol. The van der Waals surface area contributed by atoms with Gasteiger partial charge in [0.25, 0.3) is 5.91 Å². The molecule has 0 saturated heterocycles. The van der Waals surface area contributed by atoms with Crippen LogP contribution in [0.5, 0.6) is 5.75 Å². The van der Waals surface area contributed by atoms with Crippen LogP contribution in [0.1, 0.15) is 42.5 Å². The fourth-order valence-electron chi connectivity index (χ4n) is 3.00. The van der Waals surface area contributed by atoms with Gasteiger partial charge >= 0.3 is 0 Å². The quantitative estimate of drug-likeness (QED) is 0.635. The number of amides is 1. The summed E-state index contributed by atoms with van der Waals surface area (Å²) in [6, 6.07) is 16.9.